The van der Waals surface area contributed by atoms with E-state index in [0.29, 0.717) is 30.0 Å². The molecule has 6 heterocycles. The number of sulfone groups is 1. The molecule has 3 N–H and O–H groups in total. The molecule has 0 saturated carbocycles. The average molecular weight is 618 g/mol. The fourth-order valence-electron chi connectivity index (χ4n) is 7.26. The van der Waals surface area contributed by atoms with E-state index in [1.807, 2.05) is 83.9 Å². The number of benzene rings is 2. The SMILES string of the molecule is CS(=O)(=O)c1c([C@@H]2C[C@H]3CC[C@@H](C2)N3C(=O)c2nc3ccccc3[nH]2)nc2c(-c3ccc(-c4ccccc4)nc3)ccn2c1N. The first-order valence-corrected chi connectivity index (χ1v) is 16.9. The highest BCUT2D eigenvalue weighted by Crippen LogP contribution is 2.46. The first-order chi connectivity index (χ1) is 21.8. The van der Waals surface area contributed by atoms with Gasteiger partial charge in [-0.2, -0.15) is 0 Å². The Morgan fingerprint density at radius 1 is 0.911 bits per heavy atom. The summed E-state index contributed by atoms with van der Waals surface area (Å²) in [6.45, 7) is 0. The predicted octanol–water partition coefficient (Wildman–Crippen LogP) is 5.48. The Hall–Kier alpha value is -5.03. The maximum absolute atomic E-state index is 13.7. The van der Waals surface area contributed by atoms with Crippen LogP contribution in [0, 0.1) is 0 Å². The first kappa shape index (κ1) is 27.5. The smallest absolute Gasteiger partial charge is 0.290 e. The van der Waals surface area contributed by atoms with Crippen LogP contribution in [0.25, 0.3) is 39.1 Å². The van der Waals surface area contributed by atoms with E-state index < -0.39 is 9.84 Å². The fraction of sp³-hybridized carbons (Fsp3) is 0.235. The van der Waals surface area contributed by atoms with Crippen molar-refractivity contribution in [2.45, 2.75) is 48.6 Å². The number of hydrogen-bond donors (Lipinski definition) is 2. The second-order valence-corrected chi connectivity index (χ2v) is 14.0. The Morgan fingerprint density at radius 2 is 1.64 bits per heavy atom. The largest absolute Gasteiger partial charge is 0.384 e. The molecule has 0 radical (unpaired) electrons. The Kier molecular flexibility index (Phi) is 6.28. The van der Waals surface area contributed by atoms with Crippen LogP contribution in [0.15, 0.2) is 90.1 Å². The number of H-pyrrole nitrogens is 1. The number of nitrogens with one attached hydrogen (secondary N) is 1. The number of anilines is 1. The van der Waals surface area contributed by atoms with Crippen molar-refractivity contribution in [3.05, 3.63) is 96.7 Å². The summed E-state index contributed by atoms with van der Waals surface area (Å²) in [5, 5.41) is 0. The number of rotatable bonds is 5. The van der Waals surface area contributed by atoms with E-state index in [1.165, 1.54) is 6.26 Å². The number of nitrogens with zero attached hydrogens (tertiary/aromatic N) is 5. The van der Waals surface area contributed by atoms with Gasteiger partial charge in [0.2, 0.25) is 0 Å². The zero-order valence-electron chi connectivity index (χ0n) is 24.6. The number of nitrogens with two attached hydrogens (primary N) is 1. The van der Waals surface area contributed by atoms with Crippen molar-refractivity contribution in [1.29, 1.82) is 0 Å². The Labute approximate surface area is 259 Å². The van der Waals surface area contributed by atoms with Crippen molar-refractivity contribution in [3.63, 3.8) is 0 Å². The molecule has 2 saturated heterocycles. The van der Waals surface area contributed by atoms with Gasteiger partial charge in [-0.25, -0.2) is 18.4 Å². The monoisotopic (exact) mass is 617 g/mol. The van der Waals surface area contributed by atoms with E-state index >= 15 is 0 Å². The summed E-state index contributed by atoms with van der Waals surface area (Å²) in [5.74, 6) is 0.173. The molecule has 0 unspecified atom stereocenters. The van der Waals surface area contributed by atoms with Gasteiger partial charge < -0.3 is 15.6 Å². The number of hydrogen-bond acceptors (Lipinski definition) is 7. The molecule has 0 aliphatic carbocycles. The molecule has 8 rings (SSSR count). The number of carbonyl (C=O) groups is 1. The first-order valence-electron chi connectivity index (χ1n) is 15.1. The third kappa shape index (κ3) is 4.57. The molecule has 6 aromatic rings. The predicted molar refractivity (Wildman–Crippen MR) is 172 cm³/mol. The third-order valence-corrected chi connectivity index (χ3v) is 10.4. The van der Waals surface area contributed by atoms with Crippen molar-refractivity contribution < 1.29 is 13.2 Å². The number of piperidine rings is 1. The number of fused-ring (bicyclic) bond motifs is 4. The number of amides is 1. The van der Waals surface area contributed by atoms with Crippen LogP contribution in [0.1, 0.15) is 47.9 Å². The molecule has 2 aromatic carbocycles. The summed E-state index contributed by atoms with van der Waals surface area (Å²) in [5.41, 5.74) is 12.8. The van der Waals surface area contributed by atoms with Crippen LogP contribution in [0.3, 0.4) is 0 Å². The summed E-state index contributed by atoms with van der Waals surface area (Å²) >= 11 is 0. The molecule has 2 aliphatic heterocycles. The second-order valence-electron chi connectivity index (χ2n) is 12.1. The van der Waals surface area contributed by atoms with Crippen LogP contribution in [0.5, 0.6) is 0 Å². The normalized spacial score (nSPS) is 19.8. The standard InChI is InChI=1S/C34H31N7O3S/c1-45(43,44)30-29(22-17-23-12-13-24(18-22)41(23)34(42)32-37-27-9-5-6-10-28(27)38-32)39-33-25(15-16-40(33)31(30)35)21-11-14-26(36-19-21)20-7-3-2-4-8-20/h2-11,14-16,19,22-24H,12-13,17-18,35H2,1H3,(H,37,38)/t22-,23-,24+. The summed E-state index contributed by atoms with van der Waals surface area (Å²) in [7, 11) is -3.72. The Morgan fingerprint density at radius 3 is 2.33 bits per heavy atom. The summed E-state index contributed by atoms with van der Waals surface area (Å²) < 4.78 is 28.1. The highest BCUT2D eigenvalue weighted by atomic mass is 32.2. The van der Waals surface area contributed by atoms with Gasteiger partial charge >= 0.3 is 0 Å². The number of pyridine rings is 1. The second kappa shape index (κ2) is 10.3. The van der Waals surface area contributed by atoms with E-state index in [9.17, 15) is 13.2 Å². The quantitative estimate of drug-likeness (QED) is 0.261. The van der Waals surface area contributed by atoms with Gasteiger partial charge in [-0.15, -0.1) is 0 Å². The number of carbonyl (C=O) groups excluding carboxylic acids is 1. The lowest BCUT2D eigenvalue weighted by molar-refractivity contribution is 0.0557. The van der Waals surface area contributed by atoms with Gasteiger partial charge in [-0.3, -0.25) is 14.2 Å². The van der Waals surface area contributed by atoms with Gasteiger partial charge in [0.05, 0.1) is 22.4 Å². The van der Waals surface area contributed by atoms with Crippen molar-refractivity contribution in [2.75, 3.05) is 12.0 Å². The molecule has 4 aromatic heterocycles. The Balaban J connectivity index is 1.16. The molecular formula is C34H31N7O3S. The molecule has 2 aliphatic rings. The minimum absolute atomic E-state index is 0.0536. The third-order valence-electron chi connectivity index (χ3n) is 9.27. The van der Waals surface area contributed by atoms with Gasteiger partial charge in [0.25, 0.3) is 5.91 Å². The maximum atomic E-state index is 13.7. The summed E-state index contributed by atoms with van der Waals surface area (Å²) in [6, 6.07) is 23.3. The average Bonchev–Trinajstić information content (AvgIpc) is 3.74. The van der Waals surface area contributed by atoms with E-state index in [-0.39, 0.29) is 34.6 Å². The minimum Gasteiger partial charge on any atom is -0.384 e. The molecule has 0 spiro atoms. The molecule has 45 heavy (non-hydrogen) atoms. The number of nitrogen functional groups attached to an aromatic ring is 1. The molecule has 3 atom stereocenters. The van der Waals surface area contributed by atoms with Gasteiger partial charge in [-0.05, 0) is 49.9 Å². The zero-order chi connectivity index (χ0) is 30.9. The summed E-state index contributed by atoms with van der Waals surface area (Å²) in [4.78, 5) is 33.2. The van der Waals surface area contributed by atoms with Gasteiger partial charge in [0, 0.05) is 53.3 Å². The van der Waals surface area contributed by atoms with Crippen molar-refractivity contribution in [1.82, 2.24) is 29.2 Å². The van der Waals surface area contributed by atoms with E-state index in [4.69, 9.17) is 10.7 Å². The lowest BCUT2D eigenvalue weighted by atomic mass is 9.87. The minimum atomic E-state index is -3.72. The number of aromatic amines is 1. The summed E-state index contributed by atoms with van der Waals surface area (Å²) in [6.07, 6.45) is 7.62. The van der Waals surface area contributed by atoms with Gasteiger partial charge in [-0.1, -0.05) is 48.5 Å². The number of aromatic nitrogens is 5. The van der Waals surface area contributed by atoms with Crippen LogP contribution < -0.4 is 5.73 Å². The highest BCUT2D eigenvalue weighted by molar-refractivity contribution is 7.91. The molecular weight excluding hydrogens is 586 g/mol. The maximum Gasteiger partial charge on any atom is 0.290 e. The van der Waals surface area contributed by atoms with Crippen molar-refractivity contribution >= 4 is 38.2 Å². The van der Waals surface area contributed by atoms with Crippen LogP contribution in [-0.4, -0.2) is 61.9 Å². The van der Waals surface area contributed by atoms with E-state index in [1.54, 1.807) is 10.6 Å². The molecule has 226 valence electrons. The van der Waals surface area contributed by atoms with E-state index in [0.717, 1.165) is 46.3 Å². The van der Waals surface area contributed by atoms with Crippen molar-refractivity contribution in [2.24, 2.45) is 0 Å². The lowest BCUT2D eigenvalue weighted by Gasteiger charge is -2.38. The fourth-order valence-corrected chi connectivity index (χ4v) is 8.33. The molecule has 2 fully saturated rings. The number of para-hydroxylation sites is 2. The van der Waals surface area contributed by atoms with Crippen LogP contribution in [0.2, 0.25) is 0 Å². The van der Waals surface area contributed by atoms with Crippen LogP contribution >= 0.6 is 0 Å². The molecule has 10 nitrogen and oxygen atoms in total. The molecule has 11 heteroatoms. The van der Waals surface area contributed by atoms with Crippen LogP contribution in [-0.2, 0) is 9.84 Å². The highest BCUT2D eigenvalue weighted by Gasteiger charge is 2.46. The molecule has 1 amide bonds. The van der Waals surface area contributed by atoms with Crippen molar-refractivity contribution in [3.8, 4) is 22.4 Å². The lowest BCUT2D eigenvalue weighted by Crippen LogP contribution is -2.46. The zero-order valence-corrected chi connectivity index (χ0v) is 25.4. The van der Waals surface area contributed by atoms with Gasteiger partial charge in [0.15, 0.2) is 15.7 Å². The van der Waals surface area contributed by atoms with Crippen LogP contribution in [0.4, 0.5) is 5.82 Å². The topological polar surface area (TPSA) is 139 Å². The molecule has 2 bridgehead atoms. The Bertz CT molecular complexity index is 2160. The van der Waals surface area contributed by atoms with Gasteiger partial charge in [0.1, 0.15) is 16.4 Å². The van der Waals surface area contributed by atoms with E-state index in [2.05, 4.69) is 15.0 Å². The number of imidazole rings is 1.